The Bertz CT molecular complexity index is 1090. The molecule has 0 atom stereocenters. The Morgan fingerprint density at radius 3 is 2.36 bits per heavy atom. The van der Waals surface area contributed by atoms with Crippen molar-refractivity contribution in [3.63, 3.8) is 0 Å². The van der Waals surface area contributed by atoms with Crippen molar-refractivity contribution in [2.24, 2.45) is 0 Å². The number of anilines is 1. The molecule has 7 heteroatoms. The molecule has 0 spiro atoms. The third-order valence-electron chi connectivity index (χ3n) is 4.13. The molecule has 5 nitrogen and oxygen atoms in total. The molecule has 3 rings (SSSR count). The van der Waals surface area contributed by atoms with Gasteiger partial charge in [-0.1, -0.05) is 54.1 Å². The van der Waals surface area contributed by atoms with Crippen molar-refractivity contribution in [1.29, 1.82) is 0 Å². The zero-order chi connectivity index (χ0) is 20.1. The Morgan fingerprint density at radius 1 is 0.964 bits per heavy atom. The van der Waals surface area contributed by atoms with E-state index in [-0.39, 0.29) is 10.8 Å². The van der Waals surface area contributed by atoms with Crippen molar-refractivity contribution in [1.82, 2.24) is 4.90 Å². The van der Waals surface area contributed by atoms with Gasteiger partial charge in [-0.3, -0.25) is 9.52 Å². The largest absolute Gasteiger partial charge is 0.337 e. The number of amides is 1. The topological polar surface area (TPSA) is 66.5 Å². The first-order chi connectivity index (χ1) is 13.4. The highest BCUT2D eigenvalue weighted by atomic mass is 35.5. The summed E-state index contributed by atoms with van der Waals surface area (Å²) in [6.45, 7) is 0.346. The molecule has 1 amide bonds. The van der Waals surface area contributed by atoms with Crippen LogP contribution in [-0.4, -0.2) is 26.3 Å². The van der Waals surface area contributed by atoms with Gasteiger partial charge in [0.25, 0.3) is 15.9 Å². The smallest absolute Gasteiger partial charge is 0.261 e. The van der Waals surface area contributed by atoms with Gasteiger partial charge in [0.05, 0.1) is 4.90 Å². The molecule has 0 aliphatic heterocycles. The molecule has 0 bridgehead atoms. The number of nitrogens with zero attached hydrogens (tertiary/aromatic N) is 1. The lowest BCUT2D eigenvalue weighted by molar-refractivity contribution is 0.0785. The average Bonchev–Trinajstić information content (AvgIpc) is 2.69. The lowest BCUT2D eigenvalue weighted by atomic mass is 10.1. The van der Waals surface area contributed by atoms with E-state index in [1.54, 1.807) is 49.5 Å². The van der Waals surface area contributed by atoms with Crippen molar-refractivity contribution in [3.05, 3.63) is 95.0 Å². The fraction of sp³-hybridized carbons (Fsp3) is 0.0952. The molecular formula is C21H19ClN2O3S. The Morgan fingerprint density at radius 2 is 1.64 bits per heavy atom. The predicted molar refractivity (Wildman–Crippen MR) is 111 cm³/mol. The highest BCUT2D eigenvalue weighted by molar-refractivity contribution is 7.92. The normalized spacial score (nSPS) is 11.1. The van der Waals surface area contributed by atoms with Gasteiger partial charge in [-0.15, -0.1) is 0 Å². The van der Waals surface area contributed by atoms with Gasteiger partial charge in [0.2, 0.25) is 0 Å². The molecule has 0 fully saturated rings. The number of rotatable bonds is 6. The highest BCUT2D eigenvalue weighted by Crippen LogP contribution is 2.20. The number of benzene rings is 3. The molecule has 0 saturated carbocycles. The molecule has 0 radical (unpaired) electrons. The van der Waals surface area contributed by atoms with Gasteiger partial charge in [-0.2, -0.15) is 0 Å². The summed E-state index contributed by atoms with van der Waals surface area (Å²) < 4.78 is 27.5. The van der Waals surface area contributed by atoms with E-state index < -0.39 is 10.0 Å². The van der Waals surface area contributed by atoms with Gasteiger partial charge in [0.1, 0.15) is 0 Å². The van der Waals surface area contributed by atoms with Crippen LogP contribution in [0.25, 0.3) is 0 Å². The maximum absolute atomic E-state index is 12.8. The van der Waals surface area contributed by atoms with Crippen molar-refractivity contribution < 1.29 is 13.2 Å². The lowest BCUT2D eigenvalue weighted by Gasteiger charge is -2.18. The minimum Gasteiger partial charge on any atom is -0.337 e. The second-order valence-electron chi connectivity index (χ2n) is 6.25. The number of nitrogens with one attached hydrogen (secondary N) is 1. The summed E-state index contributed by atoms with van der Waals surface area (Å²) >= 11 is 6.16. The fourth-order valence-corrected chi connectivity index (χ4v) is 3.97. The Kier molecular flexibility index (Phi) is 6.02. The first-order valence-corrected chi connectivity index (χ1v) is 10.4. The van der Waals surface area contributed by atoms with E-state index in [1.165, 1.54) is 23.1 Å². The van der Waals surface area contributed by atoms with Gasteiger partial charge >= 0.3 is 0 Å². The zero-order valence-corrected chi connectivity index (χ0v) is 16.7. The van der Waals surface area contributed by atoms with Crippen molar-refractivity contribution in [2.75, 3.05) is 11.8 Å². The van der Waals surface area contributed by atoms with Crippen molar-refractivity contribution in [3.8, 4) is 0 Å². The second kappa shape index (κ2) is 8.46. The molecule has 3 aromatic rings. The zero-order valence-electron chi connectivity index (χ0n) is 15.2. The van der Waals surface area contributed by atoms with E-state index in [0.29, 0.717) is 22.8 Å². The van der Waals surface area contributed by atoms with Crippen LogP contribution in [0.15, 0.2) is 83.8 Å². The fourth-order valence-electron chi connectivity index (χ4n) is 2.70. The predicted octanol–water partition coefficient (Wildman–Crippen LogP) is 4.41. The summed E-state index contributed by atoms with van der Waals surface area (Å²) in [5.74, 6) is -0.235. The quantitative estimate of drug-likeness (QED) is 0.649. The summed E-state index contributed by atoms with van der Waals surface area (Å²) in [4.78, 5) is 14.4. The van der Waals surface area contributed by atoms with E-state index in [9.17, 15) is 13.2 Å². The Hall–Kier alpha value is -2.83. The van der Waals surface area contributed by atoms with Crippen LogP contribution in [-0.2, 0) is 16.6 Å². The maximum atomic E-state index is 12.8. The monoisotopic (exact) mass is 414 g/mol. The first kappa shape index (κ1) is 19.9. The number of halogens is 1. The number of carbonyl (C=O) groups excluding carboxylic acids is 1. The van der Waals surface area contributed by atoms with Crippen LogP contribution in [0.3, 0.4) is 0 Å². The van der Waals surface area contributed by atoms with Crippen LogP contribution < -0.4 is 4.72 Å². The summed E-state index contributed by atoms with van der Waals surface area (Å²) in [6, 6.07) is 21.8. The SMILES string of the molecule is CN(Cc1ccccc1Cl)C(=O)c1cccc(NS(=O)(=O)c2ccccc2)c1. The third kappa shape index (κ3) is 4.71. The summed E-state index contributed by atoms with van der Waals surface area (Å²) in [5.41, 5.74) is 1.53. The standard InChI is InChI=1S/C21H19ClN2O3S/c1-24(15-17-8-5-6-13-20(17)22)21(25)16-9-7-10-18(14-16)23-28(26,27)19-11-3-2-4-12-19/h2-14,23H,15H2,1H3. The lowest BCUT2D eigenvalue weighted by Crippen LogP contribution is -2.26. The van der Waals surface area contributed by atoms with Gasteiger partial charge in [0, 0.05) is 29.9 Å². The average molecular weight is 415 g/mol. The van der Waals surface area contributed by atoms with Crippen LogP contribution in [0.5, 0.6) is 0 Å². The van der Waals surface area contributed by atoms with E-state index in [2.05, 4.69) is 4.72 Å². The maximum Gasteiger partial charge on any atom is 0.261 e. The van der Waals surface area contributed by atoms with Crippen LogP contribution in [0.2, 0.25) is 5.02 Å². The molecular weight excluding hydrogens is 396 g/mol. The van der Waals surface area contributed by atoms with E-state index in [1.807, 2.05) is 18.2 Å². The van der Waals surface area contributed by atoms with Crippen molar-refractivity contribution in [2.45, 2.75) is 11.4 Å². The molecule has 0 saturated heterocycles. The van der Waals surface area contributed by atoms with Crippen molar-refractivity contribution >= 4 is 33.2 Å². The highest BCUT2D eigenvalue weighted by Gasteiger charge is 2.17. The summed E-state index contributed by atoms with van der Waals surface area (Å²) in [6.07, 6.45) is 0. The first-order valence-electron chi connectivity index (χ1n) is 8.53. The third-order valence-corrected chi connectivity index (χ3v) is 5.89. The Balaban J connectivity index is 1.77. The summed E-state index contributed by atoms with van der Waals surface area (Å²) in [5, 5.41) is 0.589. The molecule has 1 N–H and O–H groups in total. The van der Waals surface area contributed by atoms with E-state index >= 15 is 0 Å². The molecule has 144 valence electrons. The van der Waals surface area contributed by atoms with Crippen LogP contribution in [0, 0.1) is 0 Å². The molecule has 28 heavy (non-hydrogen) atoms. The molecule has 0 aromatic heterocycles. The molecule has 0 aliphatic carbocycles. The molecule has 0 heterocycles. The van der Waals surface area contributed by atoms with Crippen LogP contribution in [0.1, 0.15) is 15.9 Å². The van der Waals surface area contributed by atoms with Gasteiger partial charge in [-0.05, 0) is 42.0 Å². The number of carbonyl (C=O) groups is 1. The van der Waals surface area contributed by atoms with E-state index in [0.717, 1.165) is 5.56 Å². The second-order valence-corrected chi connectivity index (χ2v) is 8.34. The molecule has 3 aromatic carbocycles. The van der Waals surface area contributed by atoms with Gasteiger partial charge in [-0.25, -0.2) is 8.42 Å². The summed E-state index contributed by atoms with van der Waals surface area (Å²) in [7, 11) is -2.05. The van der Waals surface area contributed by atoms with Crippen LogP contribution >= 0.6 is 11.6 Å². The molecule has 0 aliphatic rings. The minimum atomic E-state index is -3.72. The number of hydrogen-bond donors (Lipinski definition) is 1. The van der Waals surface area contributed by atoms with Gasteiger partial charge < -0.3 is 4.90 Å². The minimum absolute atomic E-state index is 0.155. The Labute approximate surface area is 169 Å². The molecule has 0 unspecified atom stereocenters. The van der Waals surface area contributed by atoms with Crippen LogP contribution in [0.4, 0.5) is 5.69 Å². The number of sulfonamides is 1. The number of hydrogen-bond acceptors (Lipinski definition) is 3. The van der Waals surface area contributed by atoms with E-state index in [4.69, 9.17) is 11.6 Å². The van der Waals surface area contributed by atoms with Gasteiger partial charge in [0.15, 0.2) is 0 Å².